The van der Waals surface area contributed by atoms with Crippen LogP contribution in [-0.2, 0) is 4.74 Å². The molecule has 1 unspecified atom stereocenters. The van der Waals surface area contributed by atoms with Crippen molar-refractivity contribution in [2.45, 2.75) is 40.2 Å². The van der Waals surface area contributed by atoms with Crippen LogP contribution >= 0.6 is 0 Å². The summed E-state index contributed by atoms with van der Waals surface area (Å²) in [5.74, 6) is 0. The first-order valence-electron chi connectivity index (χ1n) is 5.87. The Balaban J connectivity index is 0.000000791. The predicted molar refractivity (Wildman–Crippen MR) is 62.6 cm³/mol. The van der Waals surface area contributed by atoms with E-state index >= 15 is 0 Å². The predicted octanol–water partition coefficient (Wildman–Crippen LogP) is 2.70. The number of likely N-dealkylation sites (N-methyl/N-ethyl adjacent to an activating group) is 1. The van der Waals surface area contributed by atoms with E-state index in [2.05, 4.69) is 30.9 Å². The lowest BCUT2D eigenvalue weighted by molar-refractivity contribution is 0.0128. The topological polar surface area (TPSA) is 12.5 Å². The van der Waals surface area contributed by atoms with Gasteiger partial charge in [-0.05, 0) is 13.0 Å². The summed E-state index contributed by atoms with van der Waals surface area (Å²) in [5.41, 5.74) is 0. The zero-order valence-electron chi connectivity index (χ0n) is 10.1. The SMILES string of the molecule is CC.CC/C=C/C1COCCN1CC. The van der Waals surface area contributed by atoms with Crippen LogP contribution in [0.15, 0.2) is 12.2 Å². The fraction of sp³-hybridized carbons (Fsp3) is 0.833. The molecule has 0 aromatic carbocycles. The van der Waals surface area contributed by atoms with E-state index in [1.54, 1.807) is 0 Å². The van der Waals surface area contributed by atoms with Gasteiger partial charge in [0, 0.05) is 6.54 Å². The summed E-state index contributed by atoms with van der Waals surface area (Å²) in [6.45, 7) is 12.3. The van der Waals surface area contributed by atoms with Gasteiger partial charge in [0.1, 0.15) is 0 Å². The van der Waals surface area contributed by atoms with E-state index in [-0.39, 0.29) is 0 Å². The van der Waals surface area contributed by atoms with E-state index in [0.29, 0.717) is 6.04 Å². The van der Waals surface area contributed by atoms with Crippen molar-refractivity contribution in [1.82, 2.24) is 4.90 Å². The van der Waals surface area contributed by atoms with Crippen molar-refractivity contribution >= 4 is 0 Å². The van der Waals surface area contributed by atoms with Crippen LogP contribution in [-0.4, -0.2) is 37.2 Å². The number of ether oxygens (including phenoxy) is 1. The highest BCUT2D eigenvalue weighted by molar-refractivity contribution is 4.95. The molecule has 1 saturated heterocycles. The summed E-state index contributed by atoms with van der Waals surface area (Å²) in [4.78, 5) is 2.45. The number of rotatable bonds is 3. The summed E-state index contributed by atoms with van der Waals surface area (Å²) in [5, 5.41) is 0. The molecule has 1 fully saturated rings. The molecule has 0 saturated carbocycles. The molecule has 1 aliphatic rings. The number of morpholine rings is 1. The van der Waals surface area contributed by atoms with Crippen molar-refractivity contribution in [2.75, 3.05) is 26.3 Å². The third-order valence-corrected chi connectivity index (χ3v) is 2.28. The van der Waals surface area contributed by atoms with Crippen molar-refractivity contribution in [3.8, 4) is 0 Å². The van der Waals surface area contributed by atoms with Gasteiger partial charge in [-0.2, -0.15) is 0 Å². The average molecular weight is 199 g/mol. The standard InChI is InChI=1S/C10H19NO.C2H6/c1-3-5-6-10-9-12-8-7-11(10)4-2;1-2/h5-6,10H,3-4,7-9H2,1-2H3;1-2H3/b6-5+;. The molecule has 0 aliphatic carbocycles. The van der Waals surface area contributed by atoms with Gasteiger partial charge in [0.15, 0.2) is 0 Å². The van der Waals surface area contributed by atoms with Crippen LogP contribution < -0.4 is 0 Å². The van der Waals surface area contributed by atoms with Gasteiger partial charge in [-0.1, -0.05) is 39.8 Å². The summed E-state index contributed by atoms with van der Waals surface area (Å²) in [6.07, 6.45) is 5.61. The Morgan fingerprint density at radius 2 is 2.07 bits per heavy atom. The summed E-state index contributed by atoms with van der Waals surface area (Å²) >= 11 is 0. The smallest absolute Gasteiger partial charge is 0.0658 e. The van der Waals surface area contributed by atoms with Crippen LogP contribution in [0.3, 0.4) is 0 Å². The Bertz CT molecular complexity index is 145. The fourth-order valence-electron chi connectivity index (χ4n) is 1.52. The minimum Gasteiger partial charge on any atom is -0.378 e. The van der Waals surface area contributed by atoms with Gasteiger partial charge in [0.25, 0.3) is 0 Å². The van der Waals surface area contributed by atoms with E-state index in [4.69, 9.17) is 4.74 Å². The quantitative estimate of drug-likeness (QED) is 0.648. The van der Waals surface area contributed by atoms with Crippen LogP contribution in [0, 0.1) is 0 Å². The molecule has 0 spiro atoms. The van der Waals surface area contributed by atoms with Crippen LogP contribution in [0.4, 0.5) is 0 Å². The Morgan fingerprint density at radius 1 is 1.36 bits per heavy atom. The van der Waals surface area contributed by atoms with Gasteiger partial charge in [0.05, 0.1) is 19.3 Å². The molecule has 0 N–H and O–H groups in total. The molecule has 84 valence electrons. The Labute approximate surface area is 88.9 Å². The van der Waals surface area contributed by atoms with E-state index in [9.17, 15) is 0 Å². The minimum atomic E-state index is 0.517. The number of hydrogen-bond acceptors (Lipinski definition) is 2. The Morgan fingerprint density at radius 3 is 2.64 bits per heavy atom. The highest BCUT2D eigenvalue weighted by Gasteiger charge is 2.17. The lowest BCUT2D eigenvalue weighted by Crippen LogP contribution is -2.43. The van der Waals surface area contributed by atoms with Crippen LogP contribution in [0.2, 0.25) is 0 Å². The third kappa shape index (κ3) is 4.77. The van der Waals surface area contributed by atoms with Gasteiger partial charge in [-0.25, -0.2) is 0 Å². The number of hydrogen-bond donors (Lipinski definition) is 0. The molecule has 0 bridgehead atoms. The van der Waals surface area contributed by atoms with Crippen molar-refractivity contribution < 1.29 is 4.74 Å². The molecule has 1 aliphatic heterocycles. The van der Waals surface area contributed by atoms with Crippen molar-refractivity contribution in [1.29, 1.82) is 0 Å². The molecule has 2 nitrogen and oxygen atoms in total. The molecule has 2 heteroatoms. The Kier molecular flexibility index (Phi) is 9.00. The number of allylic oxidation sites excluding steroid dienone is 1. The van der Waals surface area contributed by atoms with E-state index in [1.165, 1.54) is 0 Å². The summed E-state index contributed by atoms with van der Waals surface area (Å²) in [7, 11) is 0. The molecule has 1 atom stereocenters. The molecule has 0 radical (unpaired) electrons. The molecule has 0 aromatic heterocycles. The normalized spacial score (nSPS) is 23.3. The molecule has 14 heavy (non-hydrogen) atoms. The highest BCUT2D eigenvalue weighted by Crippen LogP contribution is 2.07. The van der Waals surface area contributed by atoms with Gasteiger partial charge >= 0.3 is 0 Å². The number of nitrogens with zero attached hydrogens (tertiary/aromatic N) is 1. The molecule has 1 rings (SSSR count). The average Bonchev–Trinajstić information content (AvgIpc) is 2.29. The van der Waals surface area contributed by atoms with Crippen LogP contribution in [0.1, 0.15) is 34.1 Å². The second kappa shape index (κ2) is 9.22. The second-order valence-electron chi connectivity index (χ2n) is 3.11. The first-order valence-corrected chi connectivity index (χ1v) is 5.87. The largest absolute Gasteiger partial charge is 0.378 e. The van der Waals surface area contributed by atoms with E-state index in [0.717, 1.165) is 32.7 Å². The molecule has 0 aromatic rings. The van der Waals surface area contributed by atoms with E-state index < -0.39 is 0 Å². The fourth-order valence-corrected chi connectivity index (χ4v) is 1.52. The zero-order chi connectivity index (χ0) is 10.8. The maximum Gasteiger partial charge on any atom is 0.0658 e. The van der Waals surface area contributed by atoms with Crippen LogP contribution in [0.5, 0.6) is 0 Å². The third-order valence-electron chi connectivity index (χ3n) is 2.28. The molecular formula is C12H25NO. The van der Waals surface area contributed by atoms with Gasteiger partial charge in [-0.15, -0.1) is 0 Å². The molecule has 1 heterocycles. The Hall–Kier alpha value is -0.340. The second-order valence-corrected chi connectivity index (χ2v) is 3.11. The van der Waals surface area contributed by atoms with Gasteiger partial charge in [-0.3, -0.25) is 4.90 Å². The molecular weight excluding hydrogens is 174 g/mol. The summed E-state index contributed by atoms with van der Waals surface area (Å²) < 4.78 is 5.42. The first-order chi connectivity index (χ1) is 6.88. The highest BCUT2D eigenvalue weighted by atomic mass is 16.5. The van der Waals surface area contributed by atoms with E-state index in [1.807, 2.05) is 13.8 Å². The van der Waals surface area contributed by atoms with Crippen molar-refractivity contribution in [3.05, 3.63) is 12.2 Å². The lowest BCUT2D eigenvalue weighted by Gasteiger charge is -2.32. The lowest BCUT2D eigenvalue weighted by atomic mass is 10.2. The van der Waals surface area contributed by atoms with Crippen molar-refractivity contribution in [3.63, 3.8) is 0 Å². The van der Waals surface area contributed by atoms with Gasteiger partial charge in [0.2, 0.25) is 0 Å². The van der Waals surface area contributed by atoms with Gasteiger partial charge < -0.3 is 4.74 Å². The first kappa shape index (κ1) is 13.7. The monoisotopic (exact) mass is 199 g/mol. The van der Waals surface area contributed by atoms with Crippen molar-refractivity contribution in [2.24, 2.45) is 0 Å². The molecule has 0 amide bonds. The summed E-state index contributed by atoms with van der Waals surface area (Å²) in [6, 6.07) is 0.517. The van der Waals surface area contributed by atoms with Crippen LogP contribution in [0.25, 0.3) is 0 Å². The minimum absolute atomic E-state index is 0.517. The zero-order valence-corrected chi connectivity index (χ0v) is 10.1. The maximum absolute atomic E-state index is 5.42. The maximum atomic E-state index is 5.42.